The molecular formula is C45H73N7O9. The molecule has 2 aromatic rings. The van der Waals surface area contributed by atoms with Crippen molar-refractivity contribution in [1.82, 2.24) is 30.3 Å². The van der Waals surface area contributed by atoms with E-state index in [0.29, 0.717) is 38.8 Å². The molecule has 1 unspecified atom stereocenters. The lowest BCUT2D eigenvalue weighted by Crippen LogP contribution is -2.60. The van der Waals surface area contributed by atoms with Crippen LogP contribution in [0.2, 0.25) is 0 Å². The van der Waals surface area contributed by atoms with E-state index in [0.717, 1.165) is 16.5 Å². The zero-order valence-electron chi connectivity index (χ0n) is 38.2. The summed E-state index contributed by atoms with van der Waals surface area (Å²) in [6.45, 7) is 14.1. The number of aromatic nitrogens is 1. The van der Waals surface area contributed by atoms with Crippen LogP contribution in [0.1, 0.15) is 92.6 Å². The number of nitrogens with two attached hydrogens (primary N) is 1. The Balaban J connectivity index is 1.77. The fourth-order valence-electron chi connectivity index (χ4n) is 8.95. The second-order valence-corrected chi connectivity index (χ2v) is 17.5. The van der Waals surface area contributed by atoms with Gasteiger partial charge in [0, 0.05) is 57.8 Å². The van der Waals surface area contributed by atoms with Gasteiger partial charge in [0.25, 0.3) is 0 Å². The number of ether oxygens (including phenoxy) is 2. The number of H-pyrrole nitrogens is 1. The Kier molecular flexibility index (Phi) is 19.7. The Morgan fingerprint density at radius 3 is 2.21 bits per heavy atom. The number of aliphatic carboxylic acids is 1. The van der Waals surface area contributed by atoms with Crippen LogP contribution in [-0.4, -0.2) is 144 Å². The van der Waals surface area contributed by atoms with Crippen LogP contribution >= 0.6 is 0 Å². The topological polar surface area (TPSA) is 217 Å². The number of rotatable bonds is 25. The minimum absolute atomic E-state index is 0.0110. The van der Waals surface area contributed by atoms with Crippen LogP contribution in [0, 0.1) is 23.7 Å². The van der Waals surface area contributed by atoms with Gasteiger partial charge in [0.1, 0.15) is 12.1 Å². The Morgan fingerprint density at radius 2 is 1.64 bits per heavy atom. The summed E-state index contributed by atoms with van der Waals surface area (Å²) in [7, 11) is 6.51. The maximum atomic E-state index is 14.4. The quantitative estimate of drug-likeness (QED) is 0.0979. The third-order valence-corrected chi connectivity index (χ3v) is 12.5. The number of fused-ring (bicyclic) bond motifs is 1. The van der Waals surface area contributed by atoms with Gasteiger partial charge in [-0.1, -0.05) is 73.1 Å². The van der Waals surface area contributed by atoms with Crippen molar-refractivity contribution in [2.24, 2.45) is 29.4 Å². The number of aromatic amines is 1. The van der Waals surface area contributed by atoms with E-state index in [2.05, 4.69) is 15.6 Å². The number of carbonyl (C=O) groups is 6. The maximum Gasteiger partial charge on any atom is 0.303 e. The molecule has 1 aromatic carbocycles. The van der Waals surface area contributed by atoms with Gasteiger partial charge in [0.2, 0.25) is 29.5 Å². The SMILES string of the molecule is CC[C@H](C)[C@@H]([C@@H](CC(=O)N1CCC[C@H]1[C@H](OC)[C@@H](C)C(=O)N[C@@H](Cc1c[nH]c2ccccc12)C(N)=O)OC)N(C)C(=O)[C@@H](NC(=O)C(C(C)C)N(C)CCCC(=O)O)C(C)C. The van der Waals surface area contributed by atoms with E-state index in [1.165, 1.54) is 14.2 Å². The summed E-state index contributed by atoms with van der Waals surface area (Å²) in [5.41, 5.74) is 7.54. The van der Waals surface area contributed by atoms with Crippen LogP contribution in [0.15, 0.2) is 30.5 Å². The number of benzene rings is 1. The van der Waals surface area contributed by atoms with Crippen LogP contribution in [0.25, 0.3) is 10.9 Å². The van der Waals surface area contributed by atoms with E-state index in [-0.39, 0.29) is 54.7 Å². The minimum atomic E-state index is -0.968. The zero-order valence-corrected chi connectivity index (χ0v) is 38.2. The minimum Gasteiger partial charge on any atom is -0.481 e. The second-order valence-electron chi connectivity index (χ2n) is 17.5. The van der Waals surface area contributed by atoms with Gasteiger partial charge >= 0.3 is 5.97 Å². The van der Waals surface area contributed by atoms with Gasteiger partial charge in [-0.25, -0.2) is 0 Å². The molecule has 0 spiro atoms. The highest BCUT2D eigenvalue weighted by Gasteiger charge is 2.43. The van der Waals surface area contributed by atoms with Crippen LogP contribution in [0.4, 0.5) is 0 Å². The highest BCUT2D eigenvalue weighted by molar-refractivity contribution is 5.91. The van der Waals surface area contributed by atoms with Gasteiger partial charge in [-0.15, -0.1) is 0 Å². The van der Waals surface area contributed by atoms with Crippen molar-refractivity contribution in [2.75, 3.05) is 41.4 Å². The molecule has 61 heavy (non-hydrogen) atoms. The lowest BCUT2D eigenvalue weighted by atomic mass is 9.89. The molecule has 16 heteroatoms. The second kappa shape index (κ2) is 23.6. The zero-order chi connectivity index (χ0) is 45.7. The van der Waals surface area contributed by atoms with Gasteiger partial charge in [0.05, 0.1) is 42.7 Å². The van der Waals surface area contributed by atoms with Gasteiger partial charge in [-0.2, -0.15) is 0 Å². The molecule has 1 fully saturated rings. The standard InChI is InChI=1S/C45H73N7O9/c1-12-28(6)40(51(9)45(59)38(26(2)3)49-44(58)39(27(4)5)50(8)21-16-20-37(54)55)35(60-10)24-36(53)52-22-15-19-34(52)41(61-11)29(7)43(57)48-33(42(46)56)23-30-25-47-32-18-14-13-17-31(30)32/h13-14,17-18,25-29,33-35,38-41,47H,12,15-16,19-24H2,1-11H3,(H2,46,56)(H,48,57)(H,49,58)(H,54,55)/t28-,29+,33-,34-,35+,38-,39?,40-,41+/m0/s1. The van der Waals surface area contributed by atoms with Gasteiger partial charge in [-0.3, -0.25) is 33.7 Å². The maximum absolute atomic E-state index is 14.4. The van der Waals surface area contributed by atoms with Crippen LogP contribution in [0.5, 0.6) is 0 Å². The molecule has 0 saturated carbocycles. The summed E-state index contributed by atoms with van der Waals surface area (Å²) in [5.74, 6) is -4.03. The number of likely N-dealkylation sites (tertiary alicyclic amines) is 1. The van der Waals surface area contributed by atoms with Crippen molar-refractivity contribution in [1.29, 1.82) is 0 Å². The molecule has 1 aromatic heterocycles. The number of para-hydroxylation sites is 1. The van der Waals surface area contributed by atoms with E-state index < -0.39 is 66.1 Å². The largest absolute Gasteiger partial charge is 0.481 e. The highest BCUT2D eigenvalue weighted by Crippen LogP contribution is 2.30. The molecule has 0 aliphatic carbocycles. The molecule has 9 atom stereocenters. The Bertz CT molecular complexity index is 1780. The molecule has 16 nitrogen and oxygen atoms in total. The summed E-state index contributed by atoms with van der Waals surface area (Å²) < 4.78 is 12.0. The molecule has 1 aliphatic rings. The van der Waals surface area contributed by atoms with Crippen molar-refractivity contribution in [3.63, 3.8) is 0 Å². The summed E-state index contributed by atoms with van der Waals surface area (Å²) >= 11 is 0. The van der Waals surface area contributed by atoms with Crippen molar-refractivity contribution < 1.29 is 43.3 Å². The molecule has 5 amide bonds. The Labute approximate surface area is 362 Å². The third kappa shape index (κ3) is 13.2. The van der Waals surface area contributed by atoms with Crippen LogP contribution in [-0.2, 0) is 44.7 Å². The van der Waals surface area contributed by atoms with Gasteiger partial charge < -0.3 is 45.7 Å². The first-order valence-corrected chi connectivity index (χ1v) is 21.8. The lowest BCUT2D eigenvalue weighted by molar-refractivity contribution is -0.148. The summed E-state index contributed by atoms with van der Waals surface area (Å²) in [6, 6.07) is 4.28. The van der Waals surface area contributed by atoms with Crippen molar-refractivity contribution in [3.05, 3.63) is 36.0 Å². The number of primary amides is 1. The number of amides is 5. The first kappa shape index (κ1) is 50.8. The first-order chi connectivity index (χ1) is 28.8. The van der Waals surface area contributed by atoms with Crippen LogP contribution < -0.4 is 16.4 Å². The first-order valence-electron chi connectivity index (χ1n) is 21.8. The van der Waals surface area contributed by atoms with Crippen molar-refractivity contribution in [2.45, 2.75) is 136 Å². The number of carboxylic acid groups (broad SMARTS) is 1. The highest BCUT2D eigenvalue weighted by atomic mass is 16.5. The monoisotopic (exact) mass is 856 g/mol. The Morgan fingerprint density at radius 1 is 0.967 bits per heavy atom. The number of methoxy groups -OCH3 is 2. The van der Waals surface area contributed by atoms with E-state index in [9.17, 15) is 28.8 Å². The summed E-state index contributed by atoms with van der Waals surface area (Å²) in [5, 5.41) is 15.9. The lowest BCUT2D eigenvalue weighted by Gasteiger charge is -2.41. The average Bonchev–Trinajstić information content (AvgIpc) is 3.86. The number of carboxylic acids is 1. The van der Waals surface area contributed by atoms with Crippen molar-refractivity contribution >= 4 is 46.4 Å². The number of nitrogens with one attached hydrogen (secondary N) is 3. The normalized spacial score (nSPS) is 18.3. The predicted molar refractivity (Wildman–Crippen MR) is 234 cm³/mol. The average molecular weight is 856 g/mol. The number of hydrogen-bond acceptors (Lipinski definition) is 9. The molecule has 2 heterocycles. The van der Waals surface area contributed by atoms with Crippen LogP contribution in [0.3, 0.4) is 0 Å². The number of carbonyl (C=O) groups excluding carboxylic acids is 5. The molecule has 1 saturated heterocycles. The smallest absolute Gasteiger partial charge is 0.303 e. The molecule has 0 radical (unpaired) electrons. The molecule has 1 aliphatic heterocycles. The number of nitrogens with zero attached hydrogens (tertiary/aromatic N) is 3. The summed E-state index contributed by atoms with van der Waals surface area (Å²) in [4.78, 5) is 88.4. The fraction of sp³-hybridized carbons (Fsp3) is 0.689. The molecule has 6 N–H and O–H groups in total. The molecular weight excluding hydrogens is 783 g/mol. The molecule has 3 rings (SSSR count). The van der Waals surface area contributed by atoms with E-state index >= 15 is 0 Å². The van der Waals surface area contributed by atoms with E-state index in [1.807, 2.05) is 76.9 Å². The van der Waals surface area contributed by atoms with Gasteiger partial charge in [0.15, 0.2) is 0 Å². The molecule has 342 valence electrons. The third-order valence-electron chi connectivity index (χ3n) is 12.5. The van der Waals surface area contributed by atoms with E-state index in [4.69, 9.17) is 20.3 Å². The fourth-order valence-corrected chi connectivity index (χ4v) is 8.95. The Hall–Kier alpha value is -4.54. The van der Waals surface area contributed by atoms with Crippen molar-refractivity contribution in [3.8, 4) is 0 Å². The molecule has 0 bridgehead atoms. The number of hydrogen-bond donors (Lipinski definition) is 5. The van der Waals surface area contributed by atoms with E-state index in [1.54, 1.807) is 30.8 Å². The summed E-state index contributed by atoms with van der Waals surface area (Å²) in [6.07, 6.45) is 2.93. The van der Waals surface area contributed by atoms with Gasteiger partial charge in [-0.05, 0) is 62.2 Å². The predicted octanol–water partition coefficient (Wildman–Crippen LogP) is 3.56. The number of likely N-dealkylation sites (N-methyl/N-ethyl adjacent to an activating group) is 2.